The molecule has 2 aliphatic rings. The minimum atomic E-state index is -0.433. The Morgan fingerprint density at radius 3 is 2.73 bits per heavy atom. The summed E-state index contributed by atoms with van der Waals surface area (Å²) in [6.07, 6.45) is 5.21. The average Bonchev–Trinajstić information content (AvgIpc) is 3.18. The lowest BCUT2D eigenvalue weighted by molar-refractivity contribution is -0.139. The summed E-state index contributed by atoms with van der Waals surface area (Å²) in [7, 11) is 0. The molecule has 0 radical (unpaired) electrons. The summed E-state index contributed by atoms with van der Waals surface area (Å²) in [4.78, 5) is 44.8. The standard InChI is InChI=1S/C21H22N4O4S/c1-14-10-16(15(2)25(14)17-4-3-5-22-12-17)11-18-20(27)24(21(28)30-18)13-19(26)23-6-8-29-9-7-23/h3-5,10-12H,6-9,13H2,1-2H3/b18-11+. The van der Waals surface area contributed by atoms with Gasteiger partial charge in [0.25, 0.3) is 11.1 Å². The third-order valence-electron chi connectivity index (χ3n) is 5.19. The molecule has 0 atom stereocenters. The summed E-state index contributed by atoms with van der Waals surface area (Å²) in [5, 5.41) is -0.422. The van der Waals surface area contributed by atoms with Gasteiger partial charge in [-0.15, -0.1) is 0 Å². The molecule has 0 bridgehead atoms. The zero-order valence-electron chi connectivity index (χ0n) is 16.8. The van der Waals surface area contributed by atoms with Crippen molar-refractivity contribution in [3.05, 3.63) is 52.4 Å². The van der Waals surface area contributed by atoms with Crippen LogP contribution in [0.5, 0.6) is 0 Å². The van der Waals surface area contributed by atoms with Crippen molar-refractivity contribution in [1.82, 2.24) is 19.4 Å². The molecule has 9 heteroatoms. The Bertz CT molecular complexity index is 1030. The number of carbonyl (C=O) groups is 3. The van der Waals surface area contributed by atoms with Crippen LogP contribution in [0.15, 0.2) is 35.5 Å². The minimum absolute atomic E-state index is 0.239. The van der Waals surface area contributed by atoms with Crippen LogP contribution in [0.25, 0.3) is 11.8 Å². The second-order valence-electron chi connectivity index (χ2n) is 7.13. The van der Waals surface area contributed by atoms with Crippen molar-refractivity contribution in [2.45, 2.75) is 13.8 Å². The second-order valence-corrected chi connectivity index (χ2v) is 8.13. The SMILES string of the molecule is Cc1cc(/C=C2/SC(=O)N(CC(=O)N3CCOCC3)C2=O)c(C)n1-c1cccnc1. The lowest BCUT2D eigenvalue weighted by Gasteiger charge is -2.28. The average molecular weight is 426 g/mol. The molecule has 30 heavy (non-hydrogen) atoms. The monoisotopic (exact) mass is 426 g/mol. The van der Waals surface area contributed by atoms with Crippen molar-refractivity contribution in [1.29, 1.82) is 0 Å². The van der Waals surface area contributed by atoms with Crippen molar-refractivity contribution < 1.29 is 19.1 Å². The first kappa shape index (κ1) is 20.4. The molecule has 0 N–H and O–H groups in total. The van der Waals surface area contributed by atoms with Crippen molar-refractivity contribution in [3.63, 3.8) is 0 Å². The van der Waals surface area contributed by atoms with Crippen LogP contribution in [0.1, 0.15) is 17.0 Å². The topological polar surface area (TPSA) is 84.7 Å². The van der Waals surface area contributed by atoms with Gasteiger partial charge in [0.05, 0.1) is 30.0 Å². The lowest BCUT2D eigenvalue weighted by Crippen LogP contribution is -2.46. The highest BCUT2D eigenvalue weighted by molar-refractivity contribution is 8.18. The van der Waals surface area contributed by atoms with Gasteiger partial charge >= 0.3 is 0 Å². The number of aromatic nitrogens is 2. The fourth-order valence-electron chi connectivity index (χ4n) is 3.64. The molecule has 2 aliphatic heterocycles. The number of pyridine rings is 1. The smallest absolute Gasteiger partial charge is 0.294 e. The Balaban J connectivity index is 1.54. The maximum Gasteiger partial charge on any atom is 0.294 e. The number of carbonyl (C=O) groups excluding carboxylic acids is 3. The summed E-state index contributed by atoms with van der Waals surface area (Å²) in [5.74, 6) is -0.672. The van der Waals surface area contributed by atoms with Gasteiger partial charge in [-0.1, -0.05) is 0 Å². The molecule has 0 aromatic carbocycles. The molecule has 2 fully saturated rings. The highest BCUT2D eigenvalue weighted by Crippen LogP contribution is 2.33. The van der Waals surface area contributed by atoms with E-state index in [9.17, 15) is 14.4 Å². The predicted molar refractivity (Wildman–Crippen MR) is 113 cm³/mol. The lowest BCUT2D eigenvalue weighted by atomic mass is 10.2. The highest BCUT2D eigenvalue weighted by atomic mass is 32.2. The van der Waals surface area contributed by atoms with E-state index in [1.807, 2.05) is 36.6 Å². The molecule has 2 aromatic rings. The second kappa shape index (κ2) is 8.45. The van der Waals surface area contributed by atoms with E-state index in [4.69, 9.17) is 4.74 Å². The third kappa shape index (κ3) is 3.90. The van der Waals surface area contributed by atoms with E-state index in [2.05, 4.69) is 4.98 Å². The van der Waals surface area contributed by atoms with E-state index < -0.39 is 11.1 Å². The first-order valence-corrected chi connectivity index (χ1v) is 10.5. The Morgan fingerprint density at radius 2 is 2.03 bits per heavy atom. The van der Waals surface area contributed by atoms with Crippen LogP contribution in [0.2, 0.25) is 0 Å². The van der Waals surface area contributed by atoms with Crippen LogP contribution in [-0.2, 0) is 14.3 Å². The van der Waals surface area contributed by atoms with Gasteiger partial charge in [-0.2, -0.15) is 0 Å². The molecule has 8 nitrogen and oxygen atoms in total. The van der Waals surface area contributed by atoms with E-state index in [0.29, 0.717) is 31.2 Å². The van der Waals surface area contributed by atoms with Gasteiger partial charge in [-0.05, 0) is 55.4 Å². The fraction of sp³-hybridized carbons (Fsp3) is 0.333. The minimum Gasteiger partial charge on any atom is -0.378 e. The number of aryl methyl sites for hydroxylation is 1. The summed E-state index contributed by atoms with van der Waals surface area (Å²) in [6.45, 7) is 5.59. The largest absolute Gasteiger partial charge is 0.378 e. The molecule has 4 heterocycles. The fourth-order valence-corrected chi connectivity index (χ4v) is 4.47. The molecule has 156 valence electrons. The Morgan fingerprint density at radius 1 is 1.27 bits per heavy atom. The third-order valence-corrected chi connectivity index (χ3v) is 6.10. The number of imide groups is 1. The quantitative estimate of drug-likeness (QED) is 0.698. The van der Waals surface area contributed by atoms with Crippen molar-refractivity contribution in [2.75, 3.05) is 32.8 Å². The van der Waals surface area contributed by atoms with Crippen molar-refractivity contribution in [2.24, 2.45) is 0 Å². The Hall–Kier alpha value is -2.91. The number of rotatable bonds is 4. The summed E-state index contributed by atoms with van der Waals surface area (Å²) >= 11 is 0.866. The normalized spacial score (nSPS) is 18.5. The highest BCUT2D eigenvalue weighted by Gasteiger charge is 2.37. The summed E-state index contributed by atoms with van der Waals surface area (Å²) in [6, 6.07) is 5.79. The van der Waals surface area contributed by atoms with Crippen LogP contribution in [0.3, 0.4) is 0 Å². The summed E-state index contributed by atoms with van der Waals surface area (Å²) < 4.78 is 7.29. The van der Waals surface area contributed by atoms with Gasteiger partial charge in [0.2, 0.25) is 5.91 Å². The van der Waals surface area contributed by atoms with Gasteiger partial charge < -0.3 is 14.2 Å². The number of hydrogen-bond acceptors (Lipinski definition) is 6. The van der Waals surface area contributed by atoms with Crippen molar-refractivity contribution in [3.8, 4) is 5.69 Å². The van der Waals surface area contributed by atoms with Crippen LogP contribution >= 0.6 is 11.8 Å². The number of thioether (sulfide) groups is 1. The van der Waals surface area contributed by atoms with E-state index in [1.54, 1.807) is 23.4 Å². The molecule has 0 spiro atoms. The van der Waals surface area contributed by atoms with Crippen LogP contribution < -0.4 is 0 Å². The van der Waals surface area contributed by atoms with Crippen LogP contribution in [0, 0.1) is 13.8 Å². The molecule has 4 rings (SSSR count). The number of nitrogens with zero attached hydrogens (tertiary/aromatic N) is 4. The van der Waals surface area contributed by atoms with E-state index in [-0.39, 0.29) is 12.5 Å². The predicted octanol–water partition coefficient (Wildman–Crippen LogP) is 2.38. The number of ether oxygens (including phenoxy) is 1. The van der Waals surface area contributed by atoms with Crippen molar-refractivity contribution >= 4 is 34.9 Å². The maximum absolute atomic E-state index is 12.8. The van der Waals surface area contributed by atoms with E-state index >= 15 is 0 Å². The van der Waals surface area contributed by atoms with Gasteiger partial charge in [-0.25, -0.2) is 0 Å². The summed E-state index contributed by atoms with van der Waals surface area (Å²) in [5.41, 5.74) is 3.71. The first-order valence-electron chi connectivity index (χ1n) is 9.66. The van der Waals surface area contributed by atoms with Gasteiger partial charge in [0, 0.05) is 30.7 Å². The van der Waals surface area contributed by atoms with Gasteiger partial charge in [-0.3, -0.25) is 24.3 Å². The molecule has 3 amide bonds. The van der Waals surface area contributed by atoms with Crippen LogP contribution in [0.4, 0.5) is 4.79 Å². The molecular formula is C21H22N4O4S. The Kier molecular flexibility index (Phi) is 5.74. The van der Waals surface area contributed by atoms with Gasteiger partial charge in [0.15, 0.2) is 0 Å². The zero-order chi connectivity index (χ0) is 21.3. The Labute approximate surface area is 178 Å². The molecule has 0 unspecified atom stereocenters. The first-order chi connectivity index (χ1) is 14.5. The molecule has 2 aromatic heterocycles. The van der Waals surface area contributed by atoms with Crippen LogP contribution in [-0.4, -0.2) is 69.3 Å². The van der Waals surface area contributed by atoms with E-state index in [1.165, 1.54) is 0 Å². The molecule has 0 aliphatic carbocycles. The molecular weight excluding hydrogens is 404 g/mol. The maximum atomic E-state index is 12.8. The number of hydrogen-bond donors (Lipinski definition) is 0. The zero-order valence-corrected chi connectivity index (χ0v) is 17.6. The number of amides is 3. The van der Waals surface area contributed by atoms with E-state index in [0.717, 1.165) is 39.3 Å². The van der Waals surface area contributed by atoms with Gasteiger partial charge in [0.1, 0.15) is 6.54 Å². The number of morpholine rings is 1. The molecule has 2 saturated heterocycles. The molecule has 0 saturated carbocycles.